The second-order valence-electron chi connectivity index (χ2n) is 5.64. The number of piperidine rings is 1. The third-order valence-corrected chi connectivity index (χ3v) is 3.54. The number of aliphatic carboxylic acids is 1. The van der Waals surface area contributed by atoms with Crippen molar-refractivity contribution in [3.8, 4) is 0 Å². The molecule has 1 N–H and O–H groups in total. The molecule has 0 radical (unpaired) electrons. The van der Waals surface area contributed by atoms with Gasteiger partial charge in [-0.1, -0.05) is 13.8 Å². The molecule has 0 spiro atoms. The highest BCUT2D eigenvalue weighted by molar-refractivity contribution is 5.70. The molecule has 1 aliphatic heterocycles. The smallest absolute Gasteiger partial charge is 0.306 e. The van der Waals surface area contributed by atoms with Crippen LogP contribution >= 0.6 is 0 Å². The molecule has 19 heavy (non-hydrogen) atoms. The largest absolute Gasteiger partial charge is 0.481 e. The SMILES string of the molecule is CC(C)Cn1ncnc1CN1CCC(C(=O)O)CC1. The van der Waals surface area contributed by atoms with E-state index >= 15 is 0 Å². The number of hydrogen-bond acceptors (Lipinski definition) is 4. The molecule has 0 atom stereocenters. The summed E-state index contributed by atoms with van der Waals surface area (Å²) < 4.78 is 1.95. The fraction of sp³-hybridized carbons (Fsp3) is 0.769. The van der Waals surface area contributed by atoms with Gasteiger partial charge in [-0.2, -0.15) is 5.10 Å². The van der Waals surface area contributed by atoms with Crippen LogP contribution in [-0.4, -0.2) is 43.8 Å². The Balaban J connectivity index is 1.89. The zero-order valence-electron chi connectivity index (χ0n) is 11.6. The van der Waals surface area contributed by atoms with Gasteiger partial charge in [0.2, 0.25) is 0 Å². The van der Waals surface area contributed by atoms with E-state index in [2.05, 4.69) is 28.8 Å². The van der Waals surface area contributed by atoms with E-state index in [1.165, 1.54) is 0 Å². The lowest BCUT2D eigenvalue weighted by molar-refractivity contribution is -0.143. The molecular formula is C13H22N4O2. The molecule has 1 aromatic rings. The van der Waals surface area contributed by atoms with Gasteiger partial charge in [0.25, 0.3) is 0 Å². The molecule has 1 aliphatic rings. The van der Waals surface area contributed by atoms with Crippen molar-refractivity contribution >= 4 is 5.97 Å². The van der Waals surface area contributed by atoms with Gasteiger partial charge in [0, 0.05) is 6.54 Å². The monoisotopic (exact) mass is 266 g/mol. The van der Waals surface area contributed by atoms with Crippen molar-refractivity contribution in [2.45, 2.75) is 39.8 Å². The van der Waals surface area contributed by atoms with E-state index in [-0.39, 0.29) is 5.92 Å². The normalized spacial score (nSPS) is 18.1. The molecular weight excluding hydrogens is 244 g/mol. The summed E-state index contributed by atoms with van der Waals surface area (Å²) in [6.07, 6.45) is 3.06. The van der Waals surface area contributed by atoms with Crippen LogP contribution in [0.2, 0.25) is 0 Å². The summed E-state index contributed by atoms with van der Waals surface area (Å²) in [6, 6.07) is 0. The van der Waals surface area contributed by atoms with Crippen LogP contribution in [-0.2, 0) is 17.9 Å². The average molecular weight is 266 g/mol. The van der Waals surface area contributed by atoms with Crippen LogP contribution in [0.25, 0.3) is 0 Å². The van der Waals surface area contributed by atoms with E-state index in [0.717, 1.165) is 44.8 Å². The van der Waals surface area contributed by atoms with Gasteiger partial charge in [0.15, 0.2) is 0 Å². The Morgan fingerprint density at radius 3 is 2.74 bits per heavy atom. The molecule has 1 saturated heterocycles. The van der Waals surface area contributed by atoms with E-state index in [0.29, 0.717) is 5.92 Å². The van der Waals surface area contributed by atoms with E-state index in [4.69, 9.17) is 5.11 Å². The summed E-state index contributed by atoms with van der Waals surface area (Å²) in [5.74, 6) is 0.674. The quantitative estimate of drug-likeness (QED) is 0.868. The molecule has 2 heterocycles. The Morgan fingerprint density at radius 2 is 2.16 bits per heavy atom. The third kappa shape index (κ3) is 3.76. The van der Waals surface area contributed by atoms with Crippen LogP contribution in [0.1, 0.15) is 32.5 Å². The van der Waals surface area contributed by atoms with E-state index in [9.17, 15) is 4.79 Å². The number of carbonyl (C=O) groups is 1. The van der Waals surface area contributed by atoms with Gasteiger partial charge in [-0.25, -0.2) is 9.67 Å². The second-order valence-corrected chi connectivity index (χ2v) is 5.64. The van der Waals surface area contributed by atoms with Crippen LogP contribution in [0, 0.1) is 11.8 Å². The van der Waals surface area contributed by atoms with Crippen LogP contribution < -0.4 is 0 Å². The van der Waals surface area contributed by atoms with Crippen LogP contribution in [0.5, 0.6) is 0 Å². The van der Waals surface area contributed by atoms with Gasteiger partial charge in [0.05, 0.1) is 12.5 Å². The summed E-state index contributed by atoms with van der Waals surface area (Å²) in [5, 5.41) is 13.2. The van der Waals surface area contributed by atoms with E-state index < -0.39 is 5.97 Å². The summed E-state index contributed by atoms with van der Waals surface area (Å²) >= 11 is 0. The molecule has 0 unspecified atom stereocenters. The predicted molar refractivity (Wildman–Crippen MR) is 70.5 cm³/mol. The summed E-state index contributed by atoms with van der Waals surface area (Å²) in [5.41, 5.74) is 0. The molecule has 0 saturated carbocycles. The maximum absolute atomic E-state index is 10.9. The first-order valence-electron chi connectivity index (χ1n) is 6.88. The highest BCUT2D eigenvalue weighted by atomic mass is 16.4. The topological polar surface area (TPSA) is 71.2 Å². The molecule has 6 nitrogen and oxygen atoms in total. The van der Waals surface area contributed by atoms with Crippen LogP contribution in [0.4, 0.5) is 0 Å². The Bertz CT molecular complexity index is 422. The first-order valence-corrected chi connectivity index (χ1v) is 6.88. The number of hydrogen-bond donors (Lipinski definition) is 1. The fourth-order valence-corrected chi connectivity index (χ4v) is 2.45. The molecule has 0 amide bonds. The third-order valence-electron chi connectivity index (χ3n) is 3.54. The minimum absolute atomic E-state index is 0.176. The minimum Gasteiger partial charge on any atom is -0.481 e. The first kappa shape index (κ1) is 14.0. The molecule has 0 bridgehead atoms. The van der Waals surface area contributed by atoms with Crippen molar-refractivity contribution < 1.29 is 9.90 Å². The lowest BCUT2D eigenvalue weighted by Crippen LogP contribution is -2.36. The van der Waals surface area contributed by atoms with Crippen molar-refractivity contribution in [1.82, 2.24) is 19.7 Å². The van der Waals surface area contributed by atoms with Gasteiger partial charge >= 0.3 is 5.97 Å². The average Bonchev–Trinajstić information content (AvgIpc) is 2.76. The number of nitrogens with zero attached hydrogens (tertiary/aromatic N) is 4. The van der Waals surface area contributed by atoms with Crippen molar-refractivity contribution in [3.05, 3.63) is 12.2 Å². The second kappa shape index (κ2) is 6.14. The number of rotatable bonds is 5. The Hall–Kier alpha value is -1.43. The van der Waals surface area contributed by atoms with Gasteiger partial charge < -0.3 is 5.11 Å². The molecule has 1 fully saturated rings. The Kier molecular flexibility index (Phi) is 4.52. The maximum atomic E-state index is 10.9. The predicted octanol–water partition coefficient (Wildman–Crippen LogP) is 1.23. The molecule has 6 heteroatoms. The van der Waals surface area contributed by atoms with Crippen molar-refractivity contribution in [2.24, 2.45) is 11.8 Å². The summed E-state index contributed by atoms with van der Waals surface area (Å²) in [4.78, 5) is 17.5. The highest BCUT2D eigenvalue weighted by Gasteiger charge is 2.25. The van der Waals surface area contributed by atoms with Gasteiger partial charge in [-0.3, -0.25) is 9.69 Å². The highest BCUT2D eigenvalue weighted by Crippen LogP contribution is 2.18. The Morgan fingerprint density at radius 1 is 1.47 bits per heavy atom. The number of carboxylic acids is 1. The minimum atomic E-state index is -0.664. The molecule has 106 valence electrons. The lowest BCUT2D eigenvalue weighted by Gasteiger charge is -2.29. The van der Waals surface area contributed by atoms with Gasteiger partial charge in [-0.15, -0.1) is 0 Å². The van der Waals surface area contributed by atoms with E-state index in [1.807, 2.05) is 4.68 Å². The van der Waals surface area contributed by atoms with E-state index in [1.54, 1.807) is 6.33 Å². The molecule has 1 aromatic heterocycles. The summed E-state index contributed by atoms with van der Waals surface area (Å²) in [6.45, 7) is 7.60. The zero-order chi connectivity index (χ0) is 13.8. The maximum Gasteiger partial charge on any atom is 0.306 e. The van der Waals surface area contributed by atoms with Crippen LogP contribution in [0.3, 0.4) is 0 Å². The standard InChI is InChI=1S/C13H22N4O2/c1-10(2)7-17-12(14-9-15-17)8-16-5-3-11(4-6-16)13(18)19/h9-11H,3-8H2,1-2H3,(H,18,19). The van der Waals surface area contributed by atoms with Gasteiger partial charge in [0.1, 0.15) is 12.2 Å². The van der Waals surface area contributed by atoms with Gasteiger partial charge in [-0.05, 0) is 31.8 Å². The lowest BCUT2D eigenvalue weighted by atomic mass is 9.97. The van der Waals surface area contributed by atoms with Crippen molar-refractivity contribution in [2.75, 3.05) is 13.1 Å². The summed E-state index contributed by atoms with van der Waals surface area (Å²) in [7, 11) is 0. The number of carboxylic acid groups (broad SMARTS) is 1. The fourth-order valence-electron chi connectivity index (χ4n) is 2.45. The van der Waals surface area contributed by atoms with Crippen LogP contribution in [0.15, 0.2) is 6.33 Å². The molecule has 0 aliphatic carbocycles. The van der Waals surface area contributed by atoms with Crippen molar-refractivity contribution in [3.63, 3.8) is 0 Å². The Labute approximate surface area is 113 Å². The zero-order valence-corrected chi connectivity index (χ0v) is 11.6. The first-order chi connectivity index (χ1) is 9.06. The van der Waals surface area contributed by atoms with Crippen molar-refractivity contribution in [1.29, 1.82) is 0 Å². The number of aromatic nitrogens is 3. The molecule has 0 aromatic carbocycles. The molecule has 2 rings (SSSR count). The number of likely N-dealkylation sites (tertiary alicyclic amines) is 1.